The quantitative estimate of drug-likeness (QED) is 0.737. The molecule has 0 unspecified atom stereocenters. The van der Waals surface area contributed by atoms with Gasteiger partial charge in [-0.15, -0.1) is 0 Å². The highest BCUT2D eigenvalue weighted by Gasteiger charge is 2.15. The molecule has 3 aromatic rings. The summed E-state index contributed by atoms with van der Waals surface area (Å²) in [5, 5.41) is 4.11. The van der Waals surface area contributed by atoms with Crippen LogP contribution in [0.3, 0.4) is 0 Å². The van der Waals surface area contributed by atoms with E-state index in [4.69, 9.17) is 4.74 Å². The van der Waals surface area contributed by atoms with Gasteiger partial charge in [0.2, 0.25) is 0 Å². The van der Waals surface area contributed by atoms with E-state index in [2.05, 4.69) is 10.1 Å². The zero-order chi connectivity index (χ0) is 14.8. The monoisotopic (exact) mass is 282 g/mol. The molecule has 0 saturated heterocycles. The van der Waals surface area contributed by atoms with Gasteiger partial charge in [-0.2, -0.15) is 5.10 Å². The minimum absolute atomic E-state index is 0.139. The number of carbonyl (C=O) groups excluding carboxylic acids is 1. The fourth-order valence-corrected chi connectivity index (χ4v) is 2.06. The molecule has 106 valence electrons. The second kappa shape index (κ2) is 5.24. The molecule has 3 aromatic heterocycles. The van der Waals surface area contributed by atoms with Crippen molar-refractivity contribution in [3.63, 3.8) is 0 Å². The second-order valence-corrected chi connectivity index (χ2v) is 4.53. The molecule has 3 rings (SSSR count). The number of fused-ring (bicyclic) bond motifs is 1. The number of amides is 1. The molecule has 0 aliphatic rings. The molecular formula is C15H14N4O2. The highest BCUT2D eigenvalue weighted by molar-refractivity contribution is 6.05. The van der Waals surface area contributed by atoms with Crippen LogP contribution in [0.15, 0.2) is 48.9 Å². The summed E-state index contributed by atoms with van der Waals surface area (Å²) in [6.07, 6.45) is 5.06. The first-order valence-electron chi connectivity index (χ1n) is 6.40. The third kappa shape index (κ3) is 2.43. The van der Waals surface area contributed by atoms with Gasteiger partial charge in [-0.25, -0.2) is 9.50 Å². The van der Waals surface area contributed by atoms with Gasteiger partial charge in [0.1, 0.15) is 11.6 Å². The number of carbonyl (C=O) groups is 1. The van der Waals surface area contributed by atoms with E-state index in [-0.39, 0.29) is 5.91 Å². The van der Waals surface area contributed by atoms with Crippen molar-refractivity contribution in [1.29, 1.82) is 0 Å². The lowest BCUT2D eigenvalue weighted by Gasteiger charge is -2.16. The molecule has 0 atom stereocenters. The summed E-state index contributed by atoms with van der Waals surface area (Å²) < 4.78 is 6.86. The minimum Gasteiger partial charge on any atom is -0.497 e. The maximum absolute atomic E-state index is 12.5. The lowest BCUT2D eigenvalue weighted by Crippen LogP contribution is -2.27. The third-order valence-corrected chi connectivity index (χ3v) is 3.25. The Balaban J connectivity index is 1.92. The van der Waals surface area contributed by atoms with Crippen molar-refractivity contribution >= 4 is 17.2 Å². The van der Waals surface area contributed by atoms with Crippen LogP contribution in [0, 0.1) is 0 Å². The summed E-state index contributed by atoms with van der Waals surface area (Å²) in [5.41, 5.74) is 1.45. The van der Waals surface area contributed by atoms with Crippen LogP contribution < -0.4 is 9.64 Å². The molecule has 0 aliphatic heterocycles. The van der Waals surface area contributed by atoms with Gasteiger partial charge in [0.05, 0.1) is 12.6 Å². The summed E-state index contributed by atoms with van der Waals surface area (Å²) in [7, 11) is 3.26. The van der Waals surface area contributed by atoms with Crippen LogP contribution in [-0.4, -0.2) is 34.7 Å². The summed E-state index contributed by atoms with van der Waals surface area (Å²) >= 11 is 0. The van der Waals surface area contributed by atoms with Crippen LogP contribution >= 0.6 is 0 Å². The number of pyridine rings is 2. The Bertz CT molecular complexity index is 797. The third-order valence-electron chi connectivity index (χ3n) is 3.25. The first-order chi connectivity index (χ1) is 10.2. The second-order valence-electron chi connectivity index (χ2n) is 4.53. The minimum atomic E-state index is -0.139. The SMILES string of the molecule is COc1ccnc(N(C)C(=O)c2ccn3nccc3c2)c1. The Morgan fingerprint density at radius 1 is 1.24 bits per heavy atom. The van der Waals surface area contributed by atoms with Crippen molar-refractivity contribution in [1.82, 2.24) is 14.6 Å². The van der Waals surface area contributed by atoms with Crippen LogP contribution in [0.1, 0.15) is 10.4 Å². The number of aromatic nitrogens is 3. The van der Waals surface area contributed by atoms with Gasteiger partial charge in [-0.1, -0.05) is 0 Å². The predicted octanol–water partition coefficient (Wildman–Crippen LogP) is 2.01. The Labute approximate surface area is 121 Å². The maximum atomic E-state index is 12.5. The van der Waals surface area contributed by atoms with Gasteiger partial charge in [0, 0.05) is 37.3 Å². The molecule has 6 heteroatoms. The van der Waals surface area contributed by atoms with Crippen molar-refractivity contribution in [3.8, 4) is 5.75 Å². The molecule has 0 aromatic carbocycles. The molecule has 0 radical (unpaired) electrons. The molecule has 0 saturated carbocycles. The van der Waals surface area contributed by atoms with E-state index in [1.807, 2.05) is 6.07 Å². The largest absolute Gasteiger partial charge is 0.497 e. The first-order valence-corrected chi connectivity index (χ1v) is 6.40. The van der Waals surface area contributed by atoms with Gasteiger partial charge in [0.15, 0.2) is 0 Å². The average Bonchev–Trinajstić information content (AvgIpc) is 3.01. The zero-order valence-electron chi connectivity index (χ0n) is 11.7. The summed E-state index contributed by atoms with van der Waals surface area (Å²) in [4.78, 5) is 18.2. The van der Waals surface area contributed by atoms with E-state index < -0.39 is 0 Å². The molecule has 0 aliphatic carbocycles. The number of nitrogens with zero attached hydrogens (tertiary/aromatic N) is 4. The van der Waals surface area contributed by atoms with Crippen molar-refractivity contribution in [2.45, 2.75) is 0 Å². The van der Waals surface area contributed by atoms with Gasteiger partial charge in [-0.05, 0) is 24.3 Å². The summed E-state index contributed by atoms with van der Waals surface area (Å²) in [5.74, 6) is 1.05. The number of methoxy groups -OCH3 is 1. The molecule has 0 N–H and O–H groups in total. The van der Waals surface area contributed by atoms with E-state index in [0.717, 1.165) is 5.52 Å². The number of hydrogen-bond donors (Lipinski definition) is 0. The highest BCUT2D eigenvalue weighted by Crippen LogP contribution is 2.19. The van der Waals surface area contributed by atoms with Gasteiger partial charge in [-0.3, -0.25) is 9.69 Å². The van der Waals surface area contributed by atoms with Crippen LogP contribution in [0.2, 0.25) is 0 Å². The molecule has 0 bridgehead atoms. The smallest absolute Gasteiger partial charge is 0.259 e. The van der Waals surface area contributed by atoms with E-state index in [9.17, 15) is 4.79 Å². The van der Waals surface area contributed by atoms with Crippen molar-refractivity contribution in [2.24, 2.45) is 0 Å². The fraction of sp³-hybridized carbons (Fsp3) is 0.133. The van der Waals surface area contributed by atoms with Crippen LogP contribution in [0.5, 0.6) is 5.75 Å². The first kappa shape index (κ1) is 13.1. The molecular weight excluding hydrogens is 268 g/mol. The van der Waals surface area contributed by atoms with Gasteiger partial charge in [0.25, 0.3) is 5.91 Å². The molecule has 6 nitrogen and oxygen atoms in total. The van der Waals surface area contributed by atoms with E-state index in [0.29, 0.717) is 17.1 Å². The molecule has 0 spiro atoms. The Hall–Kier alpha value is -2.89. The van der Waals surface area contributed by atoms with E-state index in [1.165, 1.54) is 4.90 Å². The van der Waals surface area contributed by atoms with Crippen molar-refractivity contribution in [2.75, 3.05) is 19.1 Å². The van der Waals surface area contributed by atoms with Crippen LogP contribution in [0.25, 0.3) is 5.52 Å². The van der Waals surface area contributed by atoms with Crippen LogP contribution in [0.4, 0.5) is 5.82 Å². The fourth-order valence-electron chi connectivity index (χ4n) is 2.06. The number of ether oxygens (including phenoxy) is 1. The Kier molecular flexibility index (Phi) is 3.27. The molecule has 21 heavy (non-hydrogen) atoms. The Morgan fingerprint density at radius 3 is 2.90 bits per heavy atom. The van der Waals surface area contributed by atoms with Crippen molar-refractivity contribution in [3.05, 3.63) is 54.5 Å². The Morgan fingerprint density at radius 2 is 2.10 bits per heavy atom. The summed E-state index contributed by atoms with van der Waals surface area (Å²) in [6.45, 7) is 0. The number of anilines is 1. The standard InChI is InChI=1S/C15H14N4O2/c1-18(14-10-13(21-2)4-6-16-14)15(20)11-5-8-19-12(9-11)3-7-17-19/h3-10H,1-2H3. The predicted molar refractivity (Wildman–Crippen MR) is 78.7 cm³/mol. The zero-order valence-corrected chi connectivity index (χ0v) is 11.7. The normalized spacial score (nSPS) is 10.6. The lowest BCUT2D eigenvalue weighted by atomic mass is 10.2. The highest BCUT2D eigenvalue weighted by atomic mass is 16.5. The van der Waals surface area contributed by atoms with Gasteiger partial charge < -0.3 is 4.74 Å². The van der Waals surface area contributed by atoms with Gasteiger partial charge >= 0.3 is 0 Å². The topological polar surface area (TPSA) is 59.7 Å². The lowest BCUT2D eigenvalue weighted by molar-refractivity contribution is 0.0992. The van der Waals surface area contributed by atoms with Crippen LogP contribution in [-0.2, 0) is 0 Å². The molecule has 1 amide bonds. The maximum Gasteiger partial charge on any atom is 0.259 e. The number of rotatable bonds is 3. The molecule has 3 heterocycles. The van der Waals surface area contributed by atoms with E-state index >= 15 is 0 Å². The summed E-state index contributed by atoms with van der Waals surface area (Å²) in [6, 6.07) is 8.83. The average molecular weight is 282 g/mol. The number of hydrogen-bond acceptors (Lipinski definition) is 4. The molecule has 0 fully saturated rings. The van der Waals surface area contributed by atoms with Crippen molar-refractivity contribution < 1.29 is 9.53 Å². The van der Waals surface area contributed by atoms with E-state index in [1.54, 1.807) is 61.5 Å².